The Hall–Kier alpha value is -1.57. The number of benzene rings is 1. The van der Waals surface area contributed by atoms with Crippen LogP contribution in [0.5, 0.6) is 0 Å². The van der Waals surface area contributed by atoms with Crippen LogP contribution in [-0.4, -0.2) is 10.3 Å². The molecule has 0 radical (unpaired) electrons. The maximum Gasteiger partial charge on any atom is 0.0478 e. The van der Waals surface area contributed by atoms with Gasteiger partial charge in [0.05, 0.1) is 0 Å². The summed E-state index contributed by atoms with van der Waals surface area (Å²) in [7, 11) is 2.04. The molecular formula is C14H18N2. The number of fused-ring (bicyclic) bond motifs is 1. The van der Waals surface area contributed by atoms with Crippen molar-refractivity contribution in [2.45, 2.75) is 20.3 Å². The third-order valence-corrected chi connectivity index (χ3v) is 2.85. The molecule has 1 aromatic heterocycles. The largest absolute Gasteiger partial charge is 0.351 e. The number of rotatable bonds is 3. The van der Waals surface area contributed by atoms with Crippen LogP contribution in [0.3, 0.4) is 0 Å². The molecular weight excluding hydrogens is 196 g/mol. The fraction of sp³-hybridized carbons (Fsp3) is 0.357. The van der Waals surface area contributed by atoms with Gasteiger partial charge in [0, 0.05) is 29.9 Å². The normalized spacial score (nSPS) is 11.2. The van der Waals surface area contributed by atoms with Crippen molar-refractivity contribution in [1.29, 1.82) is 5.41 Å². The van der Waals surface area contributed by atoms with E-state index in [9.17, 15) is 0 Å². The molecule has 1 N–H and O–H groups in total. The molecule has 0 aliphatic rings. The Morgan fingerprint density at radius 2 is 2.06 bits per heavy atom. The third kappa shape index (κ3) is 2.01. The van der Waals surface area contributed by atoms with Gasteiger partial charge in [-0.3, -0.25) is 0 Å². The summed E-state index contributed by atoms with van der Waals surface area (Å²) in [5, 5.41) is 9.25. The maximum absolute atomic E-state index is 8.04. The second-order valence-electron chi connectivity index (χ2n) is 4.78. The molecule has 0 aliphatic carbocycles. The maximum atomic E-state index is 8.04. The van der Waals surface area contributed by atoms with Gasteiger partial charge in [-0.15, -0.1) is 0 Å². The van der Waals surface area contributed by atoms with E-state index in [0.29, 0.717) is 5.92 Å². The first-order chi connectivity index (χ1) is 7.58. The molecule has 0 atom stereocenters. The summed E-state index contributed by atoms with van der Waals surface area (Å²) >= 11 is 0. The first-order valence-corrected chi connectivity index (χ1v) is 5.71. The number of aryl methyl sites for hydroxylation is 1. The highest BCUT2D eigenvalue weighted by atomic mass is 14.9. The van der Waals surface area contributed by atoms with Crippen LogP contribution in [0, 0.1) is 11.3 Å². The fourth-order valence-corrected chi connectivity index (χ4v) is 2.00. The van der Waals surface area contributed by atoms with Crippen LogP contribution in [0.4, 0.5) is 0 Å². The molecule has 1 heterocycles. The molecule has 2 nitrogen and oxygen atoms in total. The molecule has 2 rings (SSSR count). The summed E-state index contributed by atoms with van der Waals surface area (Å²) in [4.78, 5) is 0. The molecule has 0 bridgehead atoms. The topological polar surface area (TPSA) is 28.8 Å². The van der Waals surface area contributed by atoms with E-state index in [2.05, 4.69) is 42.8 Å². The SMILES string of the molecule is CC(C)CC(=N)c1ccc2c(ccn2C)c1. The molecule has 0 unspecified atom stereocenters. The van der Waals surface area contributed by atoms with Crippen LogP contribution < -0.4 is 0 Å². The van der Waals surface area contributed by atoms with Gasteiger partial charge in [-0.25, -0.2) is 0 Å². The van der Waals surface area contributed by atoms with Gasteiger partial charge in [0.1, 0.15) is 0 Å². The van der Waals surface area contributed by atoms with Gasteiger partial charge in [0.25, 0.3) is 0 Å². The van der Waals surface area contributed by atoms with Crippen LogP contribution in [0.15, 0.2) is 30.5 Å². The Morgan fingerprint density at radius 3 is 2.75 bits per heavy atom. The molecule has 0 saturated heterocycles. The monoisotopic (exact) mass is 214 g/mol. The summed E-state index contributed by atoms with van der Waals surface area (Å²) in [6.07, 6.45) is 2.90. The van der Waals surface area contributed by atoms with Gasteiger partial charge in [-0.05, 0) is 36.1 Å². The second-order valence-corrected chi connectivity index (χ2v) is 4.78. The Bertz CT molecular complexity index is 521. The Balaban J connectivity index is 2.36. The van der Waals surface area contributed by atoms with Crippen LogP contribution in [0.1, 0.15) is 25.8 Å². The number of hydrogen-bond donors (Lipinski definition) is 1. The Morgan fingerprint density at radius 1 is 1.31 bits per heavy atom. The van der Waals surface area contributed by atoms with Crippen LogP contribution in [0.2, 0.25) is 0 Å². The van der Waals surface area contributed by atoms with Gasteiger partial charge in [-0.1, -0.05) is 19.9 Å². The number of aromatic nitrogens is 1. The highest BCUT2D eigenvalue weighted by molar-refractivity contribution is 6.01. The minimum Gasteiger partial charge on any atom is -0.351 e. The average Bonchev–Trinajstić information content (AvgIpc) is 2.59. The molecule has 1 aromatic carbocycles. The molecule has 0 aliphatic heterocycles. The number of nitrogens with one attached hydrogen (secondary N) is 1. The fourth-order valence-electron chi connectivity index (χ4n) is 2.00. The Labute approximate surface area is 96.4 Å². The van der Waals surface area contributed by atoms with E-state index in [1.165, 1.54) is 10.9 Å². The molecule has 2 heteroatoms. The number of nitrogens with zero attached hydrogens (tertiary/aromatic N) is 1. The van der Waals surface area contributed by atoms with Crippen molar-refractivity contribution in [3.8, 4) is 0 Å². The first kappa shape index (κ1) is 10.9. The quantitative estimate of drug-likeness (QED) is 0.756. The second kappa shape index (κ2) is 4.12. The van der Waals surface area contributed by atoms with Gasteiger partial charge in [-0.2, -0.15) is 0 Å². The Kier molecular flexibility index (Phi) is 2.82. The standard InChI is InChI=1S/C14H18N2/c1-10(2)8-13(15)11-4-5-14-12(9-11)6-7-16(14)3/h4-7,9-10,15H,8H2,1-3H3. The molecule has 0 saturated carbocycles. The van der Waals surface area contributed by atoms with E-state index in [0.717, 1.165) is 17.7 Å². The lowest BCUT2D eigenvalue weighted by atomic mass is 9.99. The van der Waals surface area contributed by atoms with Gasteiger partial charge >= 0.3 is 0 Å². The zero-order chi connectivity index (χ0) is 11.7. The summed E-state index contributed by atoms with van der Waals surface area (Å²) in [6, 6.07) is 8.36. The predicted molar refractivity (Wildman–Crippen MR) is 69.2 cm³/mol. The average molecular weight is 214 g/mol. The lowest BCUT2D eigenvalue weighted by molar-refractivity contribution is 0.682. The lowest BCUT2D eigenvalue weighted by Gasteiger charge is -2.07. The molecule has 16 heavy (non-hydrogen) atoms. The van der Waals surface area contributed by atoms with E-state index in [4.69, 9.17) is 5.41 Å². The highest BCUT2D eigenvalue weighted by Crippen LogP contribution is 2.18. The van der Waals surface area contributed by atoms with Gasteiger partial charge < -0.3 is 9.98 Å². The van der Waals surface area contributed by atoms with Crippen LogP contribution >= 0.6 is 0 Å². The highest BCUT2D eigenvalue weighted by Gasteiger charge is 2.06. The first-order valence-electron chi connectivity index (χ1n) is 5.71. The summed E-state index contributed by atoms with van der Waals surface area (Å²) < 4.78 is 2.10. The molecule has 0 spiro atoms. The minimum atomic E-state index is 0.541. The lowest BCUT2D eigenvalue weighted by Crippen LogP contribution is -2.03. The van der Waals surface area contributed by atoms with Crippen molar-refractivity contribution < 1.29 is 0 Å². The summed E-state index contributed by atoms with van der Waals surface area (Å²) in [5.74, 6) is 0.541. The number of hydrogen-bond acceptors (Lipinski definition) is 1. The van der Waals surface area contributed by atoms with Crippen molar-refractivity contribution in [1.82, 2.24) is 4.57 Å². The van der Waals surface area contributed by atoms with Crippen LogP contribution in [-0.2, 0) is 7.05 Å². The van der Waals surface area contributed by atoms with Gasteiger partial charge in [0.15, 0.2) is 0 Å². The van der Waals surface area contributed by atoms with Crippen molar-refractivity contribution in [2.75, 3.05) is 0 Å². The zero-order valence-corrected chi connectivity index (χ0v) is 10.1. The molecule has 0 amide bonds. The van der Waals surface area contributed by atoms with Gasteiger partial charge in [0.2, 0.25) is 0 Å². The van der Waals surface area contributed by atoms with E-state index in [1.807, 2.05) is 13.1 Å². The van der Waals surface area contributed by atoms with Crippen molar-refractivity contribution in [2.24, 2.45) is 13.0 Å². The predicted octanol–water partition coefficient (Wildman–Crippen LogP) is 3.59. The van der Waals surface area contributed by atoms with Crippen molar-refractivity contribution in [3.63, 3.8) is 0 Å². The molecule has 2 aromatic rings. The minimum absolute atomic E-state index is 0.541. The zero-order valence-electron chi connectivity index (χ0n) is 10.1. The van der Waals surface area contributed by atoms with Crippen molar-refractivity contribution >= 4 is 16.6 Å². The molecule has 0 fully saturated rings. The van der Waals surface area contributed by atoms with E-state index in [-0.39, 0.29) is 0 Å². The van der Waals surface area contributed by atoms with E-state index in [1.54, 1.807) is 0 Å². The van der Waals surface area contributed by atoms with E-state index < -0.39 is 0 Å². The smallest absolute Gasteiger partial charge is 0.0478 e. The third-order valence-electron chi connectivity index (χ3n) is 2.85. The summed E-state index contributed by atoms with van der Waals surface area (Å²) in [6.45, 7) is 4.30. The summed E-state index contributed by atoms with van der Waals surface area (Å²) in [5.41, 5.74) is 3.01. The molecule has 84 valence electrons. The van der Waals surface area contributed by atoms with Crippen LogP contribution in [0.25, 0.3) is 10.9 Å². The van der Waals surface area contributed by atoms with Crippen molar-refractivity contribution in [3.05, 3.63) is 36.0 Å². The van der Waals surface area contributed by atoms with E-state index >= 15 is 0 Å².